The Morgan fingerprint density at radius 1 is 1.21 bits per heavy atom. The van der Waals surface area contributed by atoms with E-state index in [1.54, 1.807) is 12.3 Å². The van der Waals surface area contributed by atoms with Crippen LogP contribution < -0.4 is 21.1 Å². The SMILES string of the molecule is NC(=O)CCCNC(=O)Nc1cc(F)c(Oc2ccnc3[nH]ccc23)c(F)c1. The number of halogens is 2. The average molecular weight is 389 g/mol. The van der Waals surface area contributed by atoms with Crippen LogP contribution in [0.3, 0.4) is 0 Å². The van der Waals surface area contributed by atoms with Crippen LogP contribution in [0.1, 0.15) is 12.8 Å². The zero-order valence-corrected chi connectivity index (χ0v) is 14.6. The van der Waals surface area contributed by atoms with Crippen molar-refractivity contribution < 1.29 is 23.1 Å². The molecule has 0 aliphatic carbocycles. The highest BCUT2D eigenvalue weighted by Gasteiger charge is 2.16. The molecule has 0 aliphatic rings. The number of H-pyrrole nitrogens is 1. The number of pyridine rings is 1. The molecule has 10 heteroatoms. The van der Waals surface area contributed by atoms with Crippen molar-refractivity contribution in [2.24, 2.45) is 5.73 Å². The molecule has 3 rings (SSSR count). The monoisotopic (exact) mass is 389 g/mol. The lowest BCUT2D eigenvalue weighted by Gasteiger charge is -2.12. The van der Waals surface area contributed by atoms with E-state index in [0.29, 0.717) is 17.5 Å². The quantitative estimate of drug-likeness (QED) is 0.464. The number of hydrogen-bond acceptors (Lipinski definition) is 4. The molecule has 3 amide bonds. The van der Waals surface area contributed by atoms with E-state index >= 15 is 0 Å². The Morgan fingerprint density at radius 2 is 1.96 bits per heavy atom. The molecule has 5 N–H and O–H groups in total. The molecule has 146 valence electrons. The summed E-state index contributed by atoms with van der Waals surface area (Å²) >= 11 is 0. The van der Waals surface area contributed by atoms with Gasteiger partial charge < -0.3 is 26.1 Å². The number of urea groups is 1. The van der Waals surface area contributed by atoms with E-state index in [-0.39, 0.29) is 24.4 Å². The van der Waals surface area contributed by atoms with Gasteiger partial charge in [-0.1, -0.05) is 0 Å². The van der Waals surface area contributed by atoms with Crippen molar-refractivity contribution in [3.05, 3.63) is 48.3 Å². The molecule has 0 spiro atoms. The number of anilines is 1. The number of nitrogens with two attached hydrogens (primary N) is 1. The fraction of sp³-hybridized carbons (Fsp3) is 0.167. The third-order valence-electron chi connectivity index (χ3n) is 3.77. The molecule has 2 aromatic heterocycles. The number of primary amides is 1. The van der Waals surface area contributed by atoms with Crippen LogP contribution in [-0.2, 0) is 4.79 Å². The number of aromatic nitrogens is 2. The van der Waals surface area contributed by atoms with Crippen LogP contribution in [-0.4, -0.2) is 28.5 Å². The molecule has 3 aromatic rings. The Hall–Kier alpha value is -3.69. The summed E-state index contributed by atoms with van der Waals surface area (Å²) in [7, 11) is 0. The highest BCUT2D eigenvalue weighted by atomic mass is 19.1. The van der Waals surface area contributed by atoms with Crippen LogP contribution in [0.4, 0.5) is 19.3 Å². The molecule has 0 radical (unpaired) electrons. The van der Waals surface area contributed by atoms with Crippen LogP contribution in [0, 0.1) is 11.6 Å². The summed E-state index contributed by atoms with van der Waals surface area (Å²) in [5.74, 6) is -2.81. The Bertz CT molecular complexity index is 998. The lowest BCUT2D eigenvalue weighted by molar-refractivity contribution is -0.118. The van der Waals surface area contributed by atoms with Crippen molar-refractivity contribution in [3.63, 3.8) is 0 Å². The molecule has 8 nitrogen and oxygen atoms in total. The van der Waals surface area contributed by atoms with Gasteiger partial charge in [0.05, 0.1) is 5.39 Å². The second-order valence-corrected chi connectivity index (χ2v) is 5.87. The number of nitrogens with one attached hydrogen (secondary N) is 3. The fourth-order valence-electron chi connectivity index (χ4n) is 2.50. The van der Waals surface area contributed by atoms with Crippen molar-refractivity contribution in [1.82, 2.24) is 15.3 Å². The van der Waals surface area contributed by atoms with Crippen molar-refractivity contribution in [2.75, 3.05) is 11.9 Å². The Kier molecular flexibility index (Phi) is 5.68. The second-order valence-electron chi connectivity index (χ2n) is 5.87. The minimum atomic E-state index is -0.982. The maximum atomic E-state index is 14.4. The largest absolute Gasteiger partial charge is 0.450 e. The first-order valence-electron chi connectivity index (χ1n) is 8.36. The third kappa shape index (κ3) is 4.53. The molecule has 1 aromatic carbocycles. The van der Waals surface area contributed by atoms with Gasteiger partial charge in [0, 0.05) is 43.2 Å². The lowest BCUT2D eigenvalue weighted by Crippen LogP contribution is -2.30. The number of rotatable bonds is 7. The minimum Gasteiger partial charge on any atom is -0.450 e. The van der Waals surface area contributed by atoms with Gasteiger partial charge in [-0.25, -0.2) is 18.6 Å². The van der Waals surface area contributed by atoms with Crippen LogP contribution in [0.5, 0.6) is 11.5 Å². The third-order valence-corrected chi connectivity index (χ3v) is 3.77. The van der Waals surface area contributed by atoms with Crippen LogP contribution in [0.2, 0.25) is 0 Å². The summed E-state index contributed by atoms with van der Waals surface area (Å²) in [5, 5.41) is 5.33. The Balaban J connectivity index is 1.68. The number of ether oxygens (including phenoxy) is 1. The smallest absolute Gasteiger partial charge is 0.319 e. The predicted molar refractivity (Wildman–Crippen MR) is 98.0 cm³/mol. The molecule has 0 aliphatic heterocycles. The second kappa shape index (κ2) is 8.33. The first-order valence-corrected chi connectivity index (χ1v) is 8.36. The van der Waals surface area contributed by atoms with E-state index < -0.39 is 29.3 Å². The van der Waals surface area contributed by atoms with E-state index in [1.807, 2.05) is 0 Å². The zero-order chi connectivity index (χ0) is 20.1. The average Bonchev–Trinajstić information content (AvgIpc) is 3.11. The van der Waals surface area contributed by atoms with E-state index in [2.05, 4.69) is 20.6 Å². The minimum absolute atomic E-state index is 0.0868. The highest BCUT2D eigenvalue weighted by molar-refractivity contribution is 5.89. The van der Waals surface area contributed by atoms with Crippen LogP contribution in [0.15, 0.2) is 36.7 Å². The van der Waals surface area contributed by atoms with Crippen molar-refractivity contribution in [3.8, 4) is 11.5 Å². The van der Waals surface area contributed by atoms with Crippen molar-refractivity contribution in [1.29, 1.82) is 0 Å². The molecule has 0 unspecified atom stereocenters. The van der Waals surface area contributed by atoms with Gasteiger partial charge >= 0.3 is 6.03 Å². The van der Waals surface area contributed by atoms with Crippen LogP contribution in [0.25, 0.3) is 11.0 Å². The molecular weight excluding hydrogens is 372 g/mol. The van der Waals surface area contributed by atoms with Crippen molar-refractivity contribution in [2.45, 2.75) is 12.8 Å². The molecule has 0 fully saturated rings. The normalized spacial score (nSPS) is 10.6. The molecule has 28 heavy (non-hydrogen) atoms. The fourth-order valence-corrected chi connectivity index (χ4v) is 2.50. The summed E-state index contributed by atoms with van der Waals surface area (Å²) in [4.78, 5) is 29.3. The van der Waals surface area contributed by atoms with Gasteiger partial charge in [-0.2, -0.15) is 0 Å². The number of carbonyl (C=O) groups is 2. The van der Waals surface area contributed by atoms with Gasteiger partial charge in [0.2, 0.25) is 5.91 Å². The van der Waals surface area contributed by atoms with Gasteiger partial charge in [0.15, 0.2) is 17.4 Å². The molecule has 0 atom stereocenters. The maximum absolute atomic E-state index is 14.4. The van der Waals surface area contributed by atoms with Crippen LogP contribution >= 0.6 is 0 Å². The maximum Gasteiger partial charge on any atom is 0.319 e. The first-order chi connectivity index (χ1) is 13.4. The lowest BCUT2D eigenvalue weighted by atomic mass is 10.2. The van der Waals surface area contributed by atoms with E-state index in [9.17, 15) is 18.4 Å². The zero-order valence-electron chi connectivity index (χ0n) is 14.6. The van der Waals surface area contributed by atoms with E-state index in [0.717, 1.165) is 12.1 Å². The molecular formula is C18H17F2N5O3. The standard InChI is InChI=1S/C18H17F2N5O3/c19-12-8-10(25-18(27)24-5-1-2-15(21)26)9-13(20)16(12)28-14-4-7-23-17-11(14)3-6-22-17/h3-4,6-9H,1-2,5H2,(H2,21,26)(H,22,23)(H2,24,25,27). The van der Waals surface area contributed by atoms with Gasteiger partial charge in [0.1, 0.15) is 11.4 Å². The van der Waals surface area contributed by atoms with Gasteiger partial charge in [-0.05, 0) is 18.6 Å². The molecule has 0 bridgehead atoms. The van der Waals surface area contributed by atoms with Gasteiger partial charge in [-0.3, -0.25) is 4.79 Å². The summed E-state index contributed by atoms with van der Waals surface area (Å²) in [6.07, 6.45) is 3.56. The van der Waals surface area contributed by atoms with Crippen molar-refractivity contribution >= 4 is 28.7 Å². The Morgan fingerprint density at radius 3 is 2.68 bits per heavy atom. The summed E-state index contributed by atoms with van der Waals surface area (Å²) in [5.41, 5.74) is 5.42. The number of benzene rings is 1. The summed E-state index contributed by atoms with van der Waals surface area (Å²) in [6.45, 7) is 0.190. The first kappa shape index (κ1) is 19.1. The van der Waals surface area contributed by atoms with Gasteiger partial charge in [-0.15, -0.1) is 0 Å². The number of hydrogen-bond donors (Lipinski definition) is 4. The topological polar surface area (TPSA) is 122 Å². The summed E-state index contributed by atoms with van der Waals surface area (Å²) < 4.78 is 34.1. The van der Waals surface area contributed by atoms with E-state index in [1.165, 1.54) is 12.3 Å². The Labute approximate surface area is 158 Å². The molecule has 0 saturated heterocycles. The number of aromatic amines is 1. The number of carbonyl (C=O) groups excluding carboxylic acids is 2. The molecule has 2 heterocycles. The van der Waals surface area contributed by atoms with E-state index in [4.69, 9.17) is 10.5 Å². The summed E-state index contributed by atoms with van der Waals surface area (Å²) in [6, 6.07) is 4.38. The number of fused-ring (bicyclic) bond motifs is 1. The predicted octanol–water partition coefficient (Wildman–Crippen LogP) is 3.02. The number of nitrogens with zero attached hydrogens (tertiary/aromatic N) is 1. The van der Waals surface area contributed by atoms with Gasteiger partial charge in [0.25, 0.3) is 0 Å². The number of amides is 3. The highest BCUT2D eigenvalue weighted by Crippen LogP contribution is 2.33. The molecule has 0 saturated carbocycles.